The summed E-state index contributed by atoms with van der Waals surface area (Å²) in [6.07, 6.45) is 6.54. The number of amides is 1. The quantitative estimate of drug-likeness (QED) is 0.681. The van der Waals surface area contributed by atoms with Gasteiger partial charge < -0.3 is 14.6 Å². The molecule has 1 amide bonds. The average molecular weight is 365 g/mol. The van der Waals surface area contributed by atoms with Crippen LogP contribution in [0.4, 0.5) is 4.39 Å². The van der Waals surface area contributed by atoms with E-state index in [1.54, 1.807) is 31.5 Å². The van der Waals surface area contributed by atoms with Gasteiger partial charge in [-0.1, -0.05) is 30.3 Å². The Morgan fingerprint density at radius 2 is 1.96 bits per heavy atom. The Kier molecular flexibility index (Phi) is 5.66. The molecule has 0 aliphatic carbocycles. The molecule has 0 spiro atoms. The lowest BCUT2D eigenvalue weighted by atomic mass is 10.0. The lowest BCUT2D eigenvalue weighted by Gasteiger charge is -2.20. The zero-order chi connectivity index (χ0) is 19.2. The summed E-state index contributed by atoms with van der Waals surface area (Å²) in [7, 11) is 3.45. The fourth-order valence-electron chi connectivity index (χ4n) is 2.78. The third-order valence-electron chi connectivity index (χ3n) is 4.15. The first-order valence-corrected chi connectivity index (χ1v) is 8.43. The van der Waals surface area contributed by atoms with Crippen molar-refractivity contribution in [3.8, 4) is 5.75 Å². The van der Waals surface area contributed by atoms with Gasteiger partial charge in [0.15, 0.2) is 0 Å². The zero-order valence-electron chi connectivity index (χ0n) is 15.1. The van der Waals surface area contributed by atoms with Crippen LogP contribution in [0.15, 0.2) is 67.0 Å². The normalized spacial score (nSPS) is 12.1. The number of rotatable bonds is 6. The summed E-state index contributed by atoms with van der Waals surface area (Å²) in [5, 5.41) is 2.97. The Hall–Kier alpha value is -3.41. The van der Waals surface area contributed by atoms with Crippen LogP contribution in [0.3, 0.4) is 0 Å². The van der Waals surface area contributed by atoms with Crippen molar-refractivity contribution in [3.05, 3.63) is 89.8 Å². The van der Waals surface area contributed by atoms with Crippen molar-refractivity contribution in [1.29, 1.82) is 0 Å². The molecular formula is C21H20FN3O2. The molecule has 0 fully saturated rings. The molecule has 1 aromatic heterocycles. The summed E-state index contributed by atoms with van der Waals surface area (Å²) in [5.74, 6) is 0.734. The van der Waals surface area contributed by atoms with Crippen LogP contribution in [0.1, 0.15) is 23.0 Å². The Bertz CT molecular complexity index is 948. The average Bonchev–Trinajstić information content (AvgIpc) is 3.11. The number of carbonyl (C=O) groups excluding carboxylic acids is 1. The van der Waals surface area contributed by atoms with Gasteiger partial charge in [0.25, 0.3) is 0 Å². The van der Waals surface area contributed by atoms with Gasteiger partial charge in [-0.05, 0) is 29.8 Å². The topological polar surface area (TPSA) is 56.1 Å². The molecule has 27 heavy (non-hydrogen) atoms. The number of ether oxygens (including phenoxy) is 1. The lowest BCUT2D eigenvalue weighted by molar-refractivity contribution is -0.117. The molecule has 1 N–H and O–H groups in total. The molecule has 0 saturated carbocycles. The first-order chi connectivity index (χ1) is 13.1. The molecule has 1 unspecified atom stereocenters. The van der Waals surface area contributed by atoms with Gasteiger partial charge in [0.2, 0.25) is 5.91 Å². The summed E-state index contributed by atoms with van der Waals surface area (Å²) in [4.78, 5) is 16.9. The molecule has 6 heteroatoms. The van der Waals surface area contributed by atoms with Gasteiger partial charge in [0.1, 0.15) is 23.4 Å². The summed E-state index contributed by atoms with van der Waals surface area (Å²) >= 11 is 0. The molecule has 2 aromatic carbocycles. The maximum absolute atomic E-state index is 13.0. The Morgan fingerprint density at radius 3 is 2.63 bits per heavy atom. The van der Waals surface area contributed by atoms with Gasteiger partial charge in [0, 0.05) is 31.1 Å². The fraction of sp³-hybridized carbons (Fsp3) is 0.143. The van der Waals surface area contributed by atoms with Crippen LogP contribution in [0.2, 0.25) is 0 Å². The number of methoxy groups -OCH3 is 1. The van der Waals surface area contributed by atoms with E-state index in [0.717, 1.165) is 11.1 Å². The number of imidazole rings is 1. The molecular weight excluding hydrogens is 345 g/mol. The summed E-state index contributed by atoms with van der Waals surface area (Å²) in [6, 6.07) is 12.9. The maximum Gasteiger partial charge on any atom is 0.244 e. The van der Waals surface area contributed by atoms with Crippen molar-refractivity contribution < 1.29 is 13.9 Å². The van der Waals surface area contributed by atoms with Gasteiger partial charge in [-0.3, -0.25) is 4.79 Å². The number of benzene rings is 2. The number of aromatic nitrogens is 2. The van der Waals surface area contributed by atoms with E-state index in [0.29, 0.717) is 11.6 Å². The van der Waals surface area contributed by atoms with Crippen LogP contribution < -0.4 is 10.1 Å². The van der Waals surface area contributed by atoms with Gasteiger partial charge in [-0.2, -0.15) is 0 Å². The van der Waals surface area contributed by atoms with Crippen molar-refractivity contribution in [2.75, 3.05) is 7.11 Å². The molecule has 0 aliphatic rings. The number of aryl methyl sites for hydroxylation is 1. The number of nitrogens with one attached hydrogen (secondary N) is 1. The standard InChI is InChI=1S/C21H20FN3O2/c1-25-14-13-23-21(25)20(17-5-3-4-6-18(17)27-2)24-19(26)12-9-15-7-10-16(22)11-8-15/h3-14,20H,1-2H3,(H,24,26). The Balaban J connectivity index is 1.86. The number of carbonyl (C=O) groups is 1. The monoisotopic (exact) mass is 365 g/mol. The zero-order valence-corrected chi connectivity index (χ0v) is 15.1. The molecule has 1 heterocycles. The predicted octanol–water partition coefficient (Wildman–Crippen LogP) is 3.49. The second-order valence-corrected chi connectivity index (χ2v) is 5.96. The molecule has 0 bridgehead atoms. The van der Waals surface area contributed by atoms with E-state index in [-0.39, 0.29) is 11.7 Å². The number of hydrogen-bond donors (Lipinski definition) is 1. The molecule has 5 nitrogen and oxygen atoms in total. The fourth-order valence-corrected chi connectivity index (χ4v) is 2.78. The smallest absolute Gasteiger partial charge is 0.244 e. The highest BCUT2D eigenvalue weighted by Crippen LogP contribution is 2.29. The first kappa shape index (κ1) is 18.4. The molecule has 3 aromatic rings. The summed E-state index contributed by atoms with van der Waals surface area (Å²) in [6.45, 7) is 0. The van der Waals surface area contributed by atoms with E-state index in [9.17, 15) is 9.18 Å². The molecule has 3 rings (SSSR count). The van der Waals surface area contributed by atoms with E-state index >= 15 is 0 Å². The third-order valence-corrected chi connectivity index (χ3v) is 4.15. The minimum Gasteiger partial charge on any atom is -0.496 e. The van der Waals surface area contributed by atoms with Crippen molar-refractivity contribution in [3.63, 3.8) is 0 Å². The highest BCUT2D eigenvalue weighted by molar-refractivity contribution is 5.92. The summed E-state index contributed by atoms with van der Waals surface area (Å²) < 4.78 is 20.3. The van der Waals surface area contributed by atoms with Gasteiger partial charge >= 0.3 is 0 Å². The highest BCUT2D eigenvalue weighted by atomic mass is 19.1. The molecule has 1 atom stereocenters. The lowest BCUT2D eigenvalue weighted by Crippen LogP contribution is -2.30. The SMILES string of the molecule is COc1ccccc1C(NC(=O)C=Cc1ccc(F)cc1)c1nccn1C. The first-order valence-electron chi connectivity index (χ1n) is 8.43. The largest absolute Gasteiger partial charge is 0.496 e. The minimum absolute atomic E-state index is 0.293. The Labute approximate surface area is 157 Å². The van der Waals surface area contributed by atoms with Crippen LogP contribution in [0.25, 0.3) is 6.08 Å². The van der Waals surface area contributed by atoms with Gasteiger partial charge in [-0.25, -0.2) is 9.37 Å². The van der Waals surface area contributed by atoms with Crippen molar-refractivity contribution >= 4 is 12.0 Å². The van der Waals surface area contributed by atoms with E-state index in [2.05, 4.69) is 10.3 Å². The third kappa shape index (κ3) is 4.41. The van der Waals surface area contributed by atoms with Crippen LogP contribution in [-0.4, -0.2) is 22.6 Å². The van der Waals surface area contributed by atoms with Crippen LogP contribution >= 0.6 is 0 Å². The second kappa shape index (κ2) is 8.31. The van der Waals surface area contributed by atoms with Crippen LogP contribution in [-0.2, 0) is 11.8 Å². The number of nitrogens with zero attached hydrogens (tertiary/aromatic N) is 2. The van der Waals surface area contributed by atoms with Crippen LogP contribution in [0.5, 0.6) is 5.75 Å². The molecule has 138 valence electrons. The molecule has 0 saturated heterocycles. The van der Waals surface area contributed by atoms with Crippen LogP contribution in [0, 0.1) is 5.82 Å². The van der Waals surface area contributed by atoms with E-state index < -0.39 is 6.04 Å². The second-order valence-electron chi connectivity index (χ2n) is 5.96. The maximum atomic E-state index is 13.0. The van der Waals surface area contributed by atoms with Gasteiger partial charge in [-0.15, -0.1) is 0 Å². The number of para-hydroxylation sites is 1. The summed E-state index contributed by atoms with van der Waals surface area (Å²) in [5.41, 5.74) is 1.54. The number of halogens is 1. The van der Waals surface area contributed by atoms with E-state index in [1.807, 2.05) is 42.1 Å². The molecule has 0 radical (unpaired) electrons. The van der Waals surface area contributed by atoms with Gasteiger partial charge in [0.05, 0.1) is 7.11 Å². The highest BCUT2D eigenvalue weighted by Gasteiger charge is 2.23. The van der Waals surface area contributed by atoms with E-state index in [1.165, 1.54) is 18.2 Å². The molecule has 0 aliphatic heterocycles. The Morgan fingerprint density at radius 1 is 1.22 bits per heavy atom. The predicted molar refractivity (Wildman–Crippen MR) is 102 cm³/mol. The number of hydrogen-bond acceptors (Lipinski definition) is 3. The minimum atomic E-state index is -0.480. The van der Waals surface area contributed by atoms with Crippen molar-refractivity contribution in [1.82, 2.24) is 14.9 Å². The van der Waals surface area contributed by atoms with Crippen molar-refractivity contribution in [2.24, 2.45) is 7.05 Å². The van der Waals surface area contributed by atoms with E-state index in [4.69, 9.17) is 4.74 Å². The van der Waals surface area contributed by atoms with Crippen molar-refractivity contribution in [2.45, 2.75) is 6.04 Å².